The molecule has 6 heterocycles. The van der Waals surface area contributed by atoms with Crippen LogP contribution >= 0.6 is 0 Å². The Morgan fingerprint density at radius 1 is 0.0942 bits per heavy atom. The molecule has 138 heavy (non-hydrogen) atoms. The first-order valence-electron chi connectivity index (χ1n) is 47.6. The van der Waals surface area contributed by atoms with Crippen LogP contribution in [0, 0.1) is 0 Å². The van der Waals surface area contributed by atoms with E-state index in [1.54, 1.807) is 0 Å². The Hall–Kier alpha value is -18.4. The fourth-order valence-electron chi connectivity index (χ4n) is 22.7. The van der Waals surface area contributed by atoms with Gasteiger partial charge in [0.1, 0.15) is 0 Å². The normalized spacial score (nSPS) is 11.9. The number of benzene rings is 24. The number of aromatic nitrogens is 6. The second-order valence-corrected chi connectivity index (χ2v) is 36.6. The zero-order valence-electron chi connectivity index (χ0n) is 75.2. The maximum atomic E-state index is 2.43. The van der Waals surface area contributed by atoms with E-state index in [9.17, 15) is 0 Å². The van der Waals surface area contributed by atoms with Crippen molar-refractivity contribution in [2.75, 3.05) is 0 Å². The van der Waals surface area contributed by atoms with Crippen LogP contribution in [0.2, 0.25) is 0 Å². The van der Waals surface area contributed by atoms with Gasteiger partial charge in [-0.25, -0.2) is 0 Å². The summed E-state index contributed by atoms with van der Waals surface area (Å²) in [6, 6.07) is 186. The van der Waals surface area contributed by atoms with Gasteiger partial charge >= 0.3 is 0 Å². The van der Waals surface area contributed by atoms with Gasteiger partial charge in [0.05, 0.1) is 83.3 Å². The molecule has 0 aliphatic rings. The predicted molar refractivity (Wildman–Crippen MR) is 587 cm³/mol. The van der Waals surface area contributed by atoms with E-state index < -0.39 is 0 Å². The molecule has 0 bridgehead atoms. The smallest absolute Gasteiger partial charge is 0.0541 e. The van der Waals surface area contributed by atoms with Gasteiger partial charge in [-0.15, -0.1) is 0 Å². The van der Waals surface area contributed by atoms with E-state index in [4.69, 9.17) is 0 Å². The van der Waals surface area contributed by atoms with Crippen molar-refractivity contribution in [3.8, 4) is 67.5 Å². The van der Waals surface area contributed by atoms with Crippen molar-refractivity contribution in [2.24, 2.45) is 0 Å². The van der Waals surface area contributed by atoms with Crippen molar-refractivity contribution in [3.63, 3.8) is 0 Å². The van der Waals surface area contributed by atoms with Crippen LogP contribution in [0.5, 0.6) is 0 Å². The highest BCUT2D eigenvalue weighted by atomic mass is 15.0. The molecule has 0 fully saturated rings. The molecule has 0 amide bonds. The van der Waals surface area contributed by atoms with Crippen molar-refractivity contribution in [2.45, 2.75) is 0 Å². The van der Waals surface area contributed by atoms with Crippen molar-refractivity contribution in [1.29, 1.82) is 0 Å². The average Bonchev–Trinajstić information content (AvgIpc) is 1.59. The monoisotopic (exact) mass is 1750 g/mol. The van der Waals surface area contributed by atoms with Gasteiger partial charge in [-0.1, -0.05) is 346 Å². The summed E-state index contributed by atoms with van der Waals surface area (Å²) < 4.78 is 14.5. The number of rotatable bonds is 9. The van der Waals surface area contributed by atoms with Crippen LogP contribution < -0.4 is 0 Å². The number of hydrogen-bond donors (Lipinski definition) is 0. The van der Waals surface area contributed by atoms with Gasteiger partial charge < -0.3 is 27.4 Å². The summed E-state index contributed by atoms with van der Waals surface area (Å²) >= 11 is 0. The van der Waals surface area contributed by atoms with Gasteiger partial charge in [-0.3, -0.25) is 0 Å². The standard InChI is InChI=1S/3C44H28N2/c1-3-15-33-29(11-1)13-9-21-39(33)45-41-19-7-5-17-35(41)37-27-31(23-25-43(37)45)32-24-26-44-38(28-32)36-18-6-8-20-42(36)46(44)40-22-10-14-30-12-2-4-16-34(30)40;1-3-11-31-25-35(21-17-29(31)9-1)45-41-15-7-5-13-37(41)39-27-33(19-23-43(39)45)34-20-24-44-40(28-34)38-14-6-8-16-42(38)46(44)36-22-18-30-10-2-4-12-32(30)26-36;1-2-12-31-26-34(23-20-29(31)10-1)45-41-17-7-5-15-36(41)38-27-32(21-24-43(38)45)33-22-25-44-39(28-33)37-16-6-8-18-42(37)46(44)40-19-9-13-30-11-3-4-14-35(30)40/h3*1-28H. The Balaban J connectivity index is 0.000000102. The zero-order valence-corrected chi connectivity index (χ0v) is 75.2. The molecule has 6 nitrogen and oxygen atoms in total. The Bertz CT molecular complexity index is 9870. The summed E-state index contributed by atoms with van der Waals surface area (Å²) in [4.78, 5) is 0. The van der Waals surface area contributed by atoms with E-state index in [0.29, 0.717) is 0 Å². The van der Waals surface area contributed by atoms with Crippen LogP contribution in [-0.2, 0) is 0 Å². The van der Waals surface area contributed by atoms with Crippen LogP contribution in [0.25, 0.3) is 263 Å². The molecule has 6 aromatic heterocycles. The molecular formula is C132H84N6. The van der Waals surface area contributed by atoms with E-state index in [2.05, 4.69) is 537 Å². The Labute approximate surface area is 794 Å². The maximum absolute atomic E-state index is 2.43. The largest absolute Gasteiger partial charge is 0.309 e. The summed E-state index contributed by atoms with van der Waals surface area (Å²) in [7, 11) is 0. The third kappa shape index (κ3) is 12.6. The van der Waals surface area contributed by atoms with E-state index in [1.807, 2.05) is 0 Å². The molecule has 6 heteroatoms. The van der Waals surface area contributed by atoms with Gasteiger partial charge in [-0.2, -0.15) is 0 Å². The third-order valence-corrected chi connectivity index (χ3v) is 29.0. The molecule has 0 saturated carbocycles. The molecule has 642 valence electrons. The highest BCUT2D eigenvalue weighted by Crippen LogP contribution is 2.46. The van der Waals surface area contributed by atoms with E-state index in [1.165, 1.54) is 263 Å². The van der Waals surface area contributed by atoms with Crippen LogP contribution in [0.15, 0.2) is 510 Å². The molecule has 24 aromatic carbocycles. The molecule has 30 aromatic rings. The quantitative estimate of drug-likeness (QED) is 0.138. The minimum Gasteiger partial charge on any atom is -0.309 e. The molecule has 0 N–H and O–H groups in total. The second-order valence-electron chi connectivity index (χ2n) is 36.6. The summed E-state index contributed by atoms with van der Waals surface area (Å²) in [5.41, 5.74) is 29.1. The lowest BCUT2D eigenvalue weighted by Crippen LogP contribution is -1.95. The highest BCUT2D eigenvalue weighted by molar-refractivity contribution is 6.19. The summed E-state index contributed by atoms with van der Waals surface area (Å²) in [5, 5.41) is 30.2. The Kier molecular flexibility index (Phi) is 18.0. The molecule has 0 aliphatic heterocycles. The van der Waals surface area contributed by atoms with E-state index >= 15 is 0 Å². The lowest BCUT2D eigenvalue weighted by atomic mass is 10.0. The van der Waals surface area contributed by atoms with Crippen molar-refractivity contribution in [1.82, 2.24) is 27.4 Å². The zero-order chi connectivity index (χ0) is 90.6. The maximum Gasteiger partial charge on any atom is 0.0541 e. The molecular weight excluding hydrogens is 1670 g/mol. The van der Waals surface area contributed by atoms with Gasteiger partial charge in [-0.05, 0) is 246 Å². The lowest BCUT2D eigenvalue weighted by molar-refractivity contribution is 1.18. The number of hydrogen-bond acceptors (Lipinski definition) is 0. The highest BCUT2D eigenvalue weighted by Gasteiger charge is 2.24. The minimum atomic E-state index is 1.18. The van der Waals surface area contributed by atoms with Crippen LogP contribution in [-0.4, -0.2) is 27.4 Å². The van der Waals surface area contributed by atoms with Crippen molar-refractivity contribution >= 4 is 195 Å². The molecule has 0 radical (unpaired) electrons. The molecule has 0 atom stereocenters. The Morgan fingerprint density at radius 2 is 0.268 bits per heavy atom. The van der Waals surface area contributed by atoms with Crippen LogP contribution in [0.3, 0.4) is 0 Å². The number of nitrogens with zero attached hydrogens (tertiary/aromatic N) is 6. The first-order chi connectivity index (χ1) is 68.4. The second kappa shape index (κ2) is 31.7. The lowest BCUT2D eigenvalue weighted by Gasteiger charge is -2.12. The van der Waals surface area contributed by atoms with Crippen LogP contribution in [0.1, 0.15) is 0 Å². The summed E-state index contributed by atoms with van der Waals surface area (Å²) in [6.07, 6.45) is 0. The molecule has 0 aliphatic carbocycles. The molecule has 0 unspecified atom stereocenters. The Morgan fingerprint density at radius 3 is 0.507 bits per heavy atom. The van der Waals surface area contributed by atoms with Gasteiger partial charge in [0.25, 0.3) is 0 Å². The van der Waals surface area contributed by atoms with E-state index in [-0.39, 0.29) is 0 Å². The van der Waals surface area contributed by atoms with E-state index in [0.717, 1.165) is 0 Å². The predicted octanol–water partition coefficient (Wildman–Crippen LogP) is 35.6. The minimum absolute atomic E-state index is 1.18. The average molecular weight is 1750 g/mol. The first-order valence-corrected chi connectivity index (χ1v) is 47.6. The fourth-order valence-corrected chi connectivity index (χ4v) is 22.7. The molecule has 30 rings (SSSR count). The van der Waals surface area contributed by atoms with Crippen LogP contribution in [0.4, 0.5) is 0 Å². The topological polar surface area (TPSA) is 29.6 Å². The number of fused-ring (bicyclic) bond motifs is 24. The molecule has 0 spiro atoms. The SMILES string of the molecule is c1ccc2c(-n3c4ccccc4c4cc(-c5ccc6c(c5)c5ccccc5n6-c5cccc6ccccc56)ccc43)cccc2c1.c1ccc2cc(-n3c4ccccc4c4cc(-c5ccc6c(c5)c5ccccc5n6-c5ccc6ccccc6c5)ccc43)ccc2c1.c1ccc2cc(-n3c4ccccc4c4cc(-c5ccc6c(c5)c5ccccc5n6-c5cccc6ccccc56)ccc43)ccc2c1. The van der Waals surface area contributed by atoms with Gasteiger partial charge in [0.15, 0.2) is 0 Å². The summed E-state index contributed by atoms with van der Waals surface area (Å²) in [5.74, 6) is 0. The van der Waals surface area contributed by atoms with Crippen molar-refractivity contribution < 1.29 is 0 Å². The fraction of sp³-hybridized carbons (Fsp3) is 0. The summed E-state index contributed by atoms with van der Waals surface area (Å²) in [6.45, 7) is 0. The first kappa shape index (κ1) is 78.3. The van der Waals surface area contributed by atoms with Gasteiger partial charge in [0.2, 0.25) is 0 Å². The van der Waals surface area contributed by atoms with Gasteiger partial charge in [0, 0.05) is 97.9 Å². The number of para-hydroxylation sites is 6. The molecule has 0 saturated heterocycles. The third-order valence-electron chi connectivity index (χ3n) is 29.0. The van der Waals surface area contributed by atoms with Crippen molar-refractivity contribution in [3.05, 3.63) is 510 Å².